The van der Waals surface area contributed by atoms with Crippen molar-refractivity contribution in [1.29, 1.82) is 0 Å². The number of hydrogen-bond donors (Lipinski definition) is 3. The third-order valence-electron chi connectivity index (χ3n) is 5.22. The van der Waals surface area contributed by atoms with Crippen LogP contribution in [-0.2, 0) is 22.7 Å². The molecule has 148 valence electrons. The number of carbonyl (C=O) groups is 4. The van der Waals surface area contributed by atoms with Gasteiger partial charge in [-0.25, -0.2) is 0 Å². The summed E-state index contributed by atoms with van der Waals surface area (Å²) in [4.78, 5) is 50.2. The molecule has 29 heavy (non-hydrogen) atoms. The molecule has 1 unspecified atom stereocenters. The molecule has 2 aromatic carbocycles. The van der Waals surface area contributed by atoms with E-state index in [1.54, 1.807) is 30.3 Å². The van der Waals surface area contributed by atoms with Crippen molar-refractivity contribution in [2.45, 2.75) is 32.0 Å². The molecule has 4 rings (SSSR count). The number of carbonyl (C=O) groups excluding carboxylic acids is 4. The predicted molar refractivity (Wildman–Crippen MR) is 105 cm³/mol. The van der Waals surface area contributed by atoms with E-state index >= 15 is 0 Å². The fourth-order valence-corrected chi connectivity index (χ4v) is 3.62. The van der Waals surface area contributed by atoms with Crippen molar-refractivity contribution in [3.05, 3.63) is 64.7 Å². The minimum absolute atomic E-state index is 0.204. The Balaban J connectivity index is 1.46. The van der Waals surface area contributed by atoms with Gasteiger partial charge >= 0.3 is 0 Å². The van der Waals surface area contributed by atoms with Crippen molar-refractivity contribution >= 4 is 29.3 Å². The van der Waals surface area contributed by atoms with Crippen LogP contribution in [0.4, 0.5) is 5.69 Å². The molecular weight excluding hydrogens is 372 g/mol. The number of piperidine rings is 1. The summed E-state index contributed by atoms with van der Waals surface area (Å²) in [6, 6.07) is 11.5. The summed E-state index contributed by atoms with van der Waals surface area (Å²) in [5, 5.41) is 5.10. The fraction of sp³-hybridized carbons (Fsp3) is 0.238. The molecule has 2 aliphatic heterocycles. The minimum Gasteiger partial charge on any atom is -0.399 e. The molecule has 0 radical (unpaired) electrons. The number of nitrogen functional groups attached to an aromatic ring is 1. The van der Waals surface area contributed by atoms with Gasteiger partial charge in [-0.2, -0.15) is 0 Å². The van der Waals surface area contributed by atoms with Crippen LogP contribution in [0.25, 0.3) is 0 Å². The lowest BCUT2D eigenvalue weighted by Crippen LogP contribution is -2.52. The first-order valence-electron chi connectivity index (χ1n) is 9.32. The molecule has 1 atom stereocenters. The van der Waals surface area contributed by atoms with E-state index in [-0.39, 0.29) is 30.7 Å². The molecule has 1 fully saturated rings. The number of benzene rings is 2. The van der Waals surface area contributed by atoms with Gasteiger partial charge in [0.1, 0.15) is 6.04 Å². The van der Waals surface area contributed by atoms with Crippen molar-refractivity contribution in [2.75, 3.05) is 5.73 Å². The molecule has 0 bridgehead atoms. The molecule has 4 N–H and O–H groups in total. The van der Waals surface area contributed by atoms with E-state index in [9.17, 15) is 19.2 Å². The van der Waals surface area contributed by atoms with E-state index in [0.29, 0.717) is 29.8 Å². The minimum atomic E-state index is -0.671. The summed E-state index contributed by atoms with van der Waals surface area (Å²) in [7, 11) is 0. The number of nitrogens with zero attached hydrogens (tertiary/aromatic N) is 1. The number of amides is 4. The topological polar surface area (TPSA) is 122 Å². The number of rotatable bonds is 4. The Morgan fingerprint density at radius 2 is 1.90 bits per heavy atom. The average molecular weight is 392 g/mol. The highest BCUT2D eigenvalue weighted by atomic mass is 16.2. The molecule has 8 nitrogen and oxygen atoms in total. The van der Waals surface area contributed by atoms with Crippen LogP contribution in [0, 0.1) is 0 Å². The van der Waals surface area contributed by atoms with Crippen LogP contribution in [0.2, 0.25) is 0 Å². The summed E-state index contributed by atoms with van der Waals surface area (Å²) < 4.78 is 0. The van der Waals surface area contributed by atoms with Gasteiger partial charge in [-0.15, -0.1) is 0 Å². The van der Waals surface area contributed by atoms with Crippen LogP contribution in [0.5, 0.6) is 0 Å². The van der Waals surface area contributed by atoms with Gasteiger partial charge in [-0.05, 0) is 41.8 Å². The first-order valence-corrected chi connectivity index (χ1v) is 9.32. The Morgan fingerprint density at radius 1 is 1.14 bits per heavy atom. The molecule has 2 heterocycles. The average Bonchev–Trinajstić information content (AvgIpc) is 3.03. The third kappa shape index (κ3) is 3.69. The lowest BCUT2D eigenvalue weighted by Gasteiger charge is -2.29. The molecule has 0 spiro atoms. The highest BCUT2D eigenvalue weighted by Crippen LogP contribution is 2.28. The Bertz CT molecular complexity index is 1020. The van der Waals surface area contributed by atoms with Crippen molar-refractivity contribution in [1.82, 2.24) is 15.5 Å². The van der Waals surface area contributed by atoms with Gasteiger partial charge in [-0.3, -0.25) is 24.5 Å². The lowest BCUT2D eigenvalue weighted by molar-refractivity contribution is -0.136. The third-order valence-corrected chi connectivity index (χ3v) is 5.22. The van der Waals surface area contributed by atoms with E-state index in [4.69, 9.17) is 5.73 Å². The zero-order valence-corrected chi connectivity index (χ0v) is 15.6. The van der Waals surface area contributed by atoms with Gasteiger partial charge in [0, 0.05) is 36.3 Å². The number of fused-ring (bicyclic) bond motifs is 1. The first-order chi connectivity index (χ1) is 13.9. The zero-order valence-electron chi connectivity index (χ0n) is 15.6. The van der Waals surface area contributed by atoms with Gasteiger partial charge in [0.05, 0.1) is 0 Å². The summed E-state index contributed by atoms with van der Waals surface area (Å²) >= 11 is 0. The standard InChI is InChI=1S/C21H20N4O4/c22-15-5-1-12(2-6-15)10-23-19(27)13-3-4-14-11-25(21(29)16(14)9-13)17-7-8-18(26)24-20(17)28/h1-6,9,17H,7-8,10-11,22H2,(H,23,27)(H,24,26,28). The quantitative estimate of drug-likeness (QED) is 0.529. The fourth-order valence-electron chi connectivity index (χ4n) is 3.62. The van der Waals surface area contributed by atoms with Crippen LogP contribution in [0.3, 0.4) is 0 Å². The maximum absolute atomic E-state index is 12.8. The van der Waals surface area contributed by atoms with Crippen LogP contribution in [-0.4, -0.2) is 34.6 Å². The van der Waals surface area contributed by atoms with E-state index < -0.39 is 11.9 Å². The maximum atomic E-state index is 12.8. The largest absolute Gasteiger partial charge is 0.399 e. The number of imide groups is 1. The molecule has 0 aliphatic carbocycles. The second-order valence-electron chi connectivity index (χ2n) is 7.20. The van der Waals surface area contributed by atoms with Crippen LogP contribution < -0.4 is 16.4 Å². The SMILES string of the molecule is Nc1ccc(CNC(=O)c2ccc3c(c2)C(=O)N(C2CCC(=O)NC2=O)C3)cc1. The molecule has 2 aromatic rings. The van der Waals surface area contributed by atoms with E-state index in [0.717, 1.165) is 11.1 Å². The van der Waals surface area contributed by atoms with E-state index in [1.807, 2.05) is 12.1 Å². The zero-order chi connectivity index (χ0) is 20.5. The van der Waals surface area contributed by atoms with Crippen LogP contribution in [0.1, 0.15) is 44.7 Å². The maximum Gasteiger partial charge on any atom is 0.255 e. The monoisotopic (exact) mass is 392 g/mol. The van der Waals surface area contributed by atoms with Crippen molar-refractivity contribution in [3.8, 4) is 0 Å². The number of hydrogen-bond acceptors (Lipinski definition) is 5. The Labute approximate surface area is 167 Å². The Morgan fingerprint density at radius 3 is 2.62 bits per heavy atom. The predicted octanol–water partition coefficient (Wildman–Crippen LogP) is 0.960. The lowest BCUT2D eigenvalue weighted by atomic mass is 10.0. The molecule has 1 saturated heterocycles. The Hall–Kier alpha value is -3.68. The van der Waals surface area contributed by atoms with Crippen molar-refractivity contribution < 1.29 is 19.2 Å². The van der Waals surface area contributed by atoms with E-state index in [1.165, 1.54) is 4.90 Å². The molecular formula is C21H20N4O4. The van der Waals surface area contributed by atoms with Crippen molar-refractivity contribution in [2.24, 2.45) is 0 Å². The second kappa shape index (κ2) is 7.38. The number of nitrogens with one attached hydrogen (secondary N) is 2. The second-order valence-corrected chi connectivity index (χ2v) is 7.20. The van der Waals surface area contributed by atoms with Crippen molar-refractivity contribution in [3.63, 3.8) is 0 Å². The van der Waals surface area contributed by atoms with Gasteiger partial charge in [-0.1, -0.05) is 18.2 Å². The molecule has 0 aromatic heterocycles. The summed E-state index contributed by atoms with van der Waals surface area (Å²) in [5.41, 5.74) is 8.76. The highest BCUT2D eigenvalue weighted by molar-refractivity contribution is 6.06. The summed E-state index contributed by atoms with van der Waals surface area (Å²) in [6.07, 6.45) is 0.509. The molecule has 4 amide bonds. The van der Waals surface area contributed by atoms with Gasteiger partial charge in [0.25, 0.3) is 11.8 Å². The van der Waals surface area contributed by atoms with Gasteiger partial charge in [0.2, 0.25) is 11.8 Å². The van der Waals surface area contributed by atoms with Gasteiger partial charge < -0.3 is 16.0 Å². The number of anilines is 1. The van der Waals surface area contributed by atoms with Crippen LogP contribution in [0.15, 0.2) is 42.5 Å². The highest BCUT2D eigenvalue weighted by Gasteiger charge is 2.39. The summed E-state index contributed by atoms with van der Waals surface area (Å²) in [6.45, 7) is 0.625. The molecule has 2 aliphatic rings. The first kappa shape index (κ1) is 18.7. The van der Waals surface area contributed by atoms with E-state index in [2.05, 4.69) is 10.6 Å². The summed E-state index contributed by atoms with van der Waals surface area (Å²) in [5.74, 6) is -1.38. The number of nitrogens with two attached hydrogens (primary N) is 1. The van der Waals surface area contributed by atoms with Crippen LogP contribution >= 0.6 is 0 Å². The smallest absolute Gasteiger partial charge is 0.255 e. The Kier molecular flexibility index (Phi) is 4.75. The van der Waals surface area contributed by atoms with Gasteiger partial charge in [0.15, 0.2) is 0 Å². The molecule has 8 heteroatoms. The normalized spacial score (nSPS) is 18.4. The molecule has 0 saturated carbocycles.